The van der Waals surface area contributed by atoms with Crippen LogP contribution >= 0.6 is 0 Å². The molecular weight excluding hydrogens is 292 g/mol. The summed E-state index contributed by atoms with van der Waals surface area (Å²) in [6, 6.07) is 0. The van der Waals surface area contributed by atoms with Gasteiger partial charge in [-0.05, 0) is 26.7 Å². The van der Waals surface area contributed by atoms with Crippen molar-refractivity contribution in [2.45, 2.75) is 26.7 Å². The average molecular weight is 318 g/mol. The Morgan fingerprint density at radius 3 is 2.52 bits per heavy atom. The van der Waals surface area contributed by atoms with Crippen molar-refractivity contribution in [3.05, 3.63) is 12.2 Å². The van der Waals surface area contributed by atoms with E-state index in [0.717, 1.165) is 5.57 Å². The molecule has 1 saturated heterocycles. The highest BCUT2D eigenvalue weighted by molar-refractivity contribution is 7.89. The predicted molar refractivity (Wildman–Crippen MR) is 82.4 cm³/mol. The van der Waals surface area contributed by atoms with E-state index < -0.39 is 10.0 Å². The molecule has 1 amide bonds. The van der Waals surface area contributed by atoms with Crippen molar-refractivity contribution < 1.29 is 17.9 Å². The summed E-state index contributed by atoms with van der Waals surface area (Å²) in [6.07, 6.45) is 1.16. The summed E-state index contributed by atoms with van der Waals surface area (Å²) in [5, 5.41) is 2.83. The Morgan fingerprint density at radius 1 is 1.38 bits per heavy atom. The average Bonchev–Trinajstić information content (AvgIpc) is 2.46. The van der Waals surface area contributed by atoms with Crippen molar-refractivity contribution in [3.63, 3.8) is 0 Å². The molecule has 1 N–H and O–H groups in total. The van der Waals surface area contributed by atoms with Crippen LogP contribution in [-0.4, -0.2) is 57.2 Å². The van der Waals surface area contributed by atoms with E-state index in [9.17, 15) is 13.2 Å². The number of carbonyl (C=O) groups excluding carboxylic acids is 1. The van der Waals surface area contributed by atoms with Crippen LogP contribution in [0.4, 0.5) is 0 Å². The summed E-state index contributed by atoms with van der Waals surface area (Å²) in [6.45, 7) is 9.55. The van der Waals surface area contributed by atoms with E-state index >= 15 is 0 Å². The molecule has 0 radical (unpaired) electrons. The maximum Gasteiger partial charge on any atom is 0.223 e. The van der Waals surface area contributed by atoms with Gasteiger partial charge in [0.2, 0.25) is 15.9 Å². The molecule has 6 nitrogen and oxygen atoms in total. The number of rotatable bonds is 8. The van der Waals surface area contributed by atoms with Gasteiger partial charge in [-0.1, -0.05) is 12.2 Å². The number of sulfonamides is 1. The molecule has 1 aliphatic heterocycles. The van der Waals surface area contributed by atoms with Gasteiger partial charge >= 0.3 is 0 Å². The van der Waals surface area contributed by atoms with E-state index in [4.69, 9.17) is 4.74 Å². The van der Waals surface area contributed by atoms with Crippen LogP contribution in [-0.2, 0) is 19.6 Å². The fourth-order valence-electron chi connectivity index (χ4n) is 2.22. The number of carbonyl (C=O) groups is 1. The van der Waals surface area contributed by atoms with Crippen LogP contribution in [0.1, 0.15) is 26.7 Å². The summed E-state index contributed by atoms with van der Waals surface area (Å²) >= 11 is 0. The second-order valence-electron chi connectivity index (χ2n) is 5.37. The third-order valence-corrected chi connectivity index (χ3v) is 5.36. The molecule has 7 heteroatoms. The normalized spacial score (nSPS) is 17.6. The fraction of sp³-hybridized carbons (Fsp3) is 0.786. The Labute approximate surface area is 127 Å². The maximum absolute atomic E-state index is 12.0. The molecule has 0 saturated carbocycles. The highest BCUT2D eigenvalue weighted by Crippen LogP contribution is 2.19. The van der Waals surface area contributed by atoms with Crippen LogP contribution < -0.4 is 5.32 Å². The highest BCUT2D eigenvalue weighted by Gasteiger charge is 2.29. The summed E-state index contributed by atoms with van der Waals surface area (Å²) in [4.78, 5) is 12.0. The first kappa shape index (κ1) is 18.1. The molecule has 0 aromatic rings. The molecule has 0 aliphatic carbocycles. The fourth-order valence-corrected chi connectivity index (χ4v) is 3.35. The zero-order chi connectivity index (χ0) is 15.9. The number of ether oxygens (including phenoxy) is 1. The number of nitrogens with zero attached hydrogens (tertiary/aromatic N) is 1. The summed E-state index contributed by atoms with van der Waals surface area (Å²) in [5.41, 5.74) is 0.950. The Hall–Kier alpha value is -0.920. The van der Waals surface area contributed by atoms with Gasteiger partial charge in [-0.25, -0.2) is 12.7 Å². The van der Waals surface area contributed by atoms with Gasteiger partial charge in [0.05, 0.1) is 19.0 Å². The molecule has 0 spiro atoms. The van der Waals surface area contributed by atoms with Crippen LogP contribution in [0.15, 0.2) is 12.2 Å². The first-order chi connectivity index (χ1) is 9.86. The molecule has 122 valence electrons. The molecule has 1 fully saturated rings. The molecule has 0 aromatic heterocycles. The zero-order valence-corrected chi connectivity index (χ0v) is 13.7. The van der Waals surface area contributed by atoms with Crippen molar-refractivity contribution in [1.29, 1.82) is 0 Å². The summed E-state index contributed by atoms with van der Waals surface area (Å²) in [7, 11) is -3.13. The Balaban J connectivity index is 2.24. The number of piperidine rings is 1. The second-order valence-corrected chi connectivity index (χ2v) is 7.63. The van der Waals surface area contributed by atoms with E-state index in [1.165, 1.54) is 4.31 Å². The lowest BCUT2D eigenvalue weighted by atomic mass is 9.97. The van der Waals surface area contributed by atoms with E-state index in [-0.39, 0.29) is 17.6 Å². The van der Waals surface area contributed by atoms with Gasteiger partial charge < -0.3 is 10.1 Å². The van der Waals surface area contributed by atoms with Gasteiger partial charge in [0, 0.05) is 25.6 Å². The molecule has 1 heterocycles. The van der Waals surface area contributed by atoms with Gasteiger partial charge in [0.1, 0.15) is 0 Å². The lowest BCUT2D eigenvalue weighted by Gasteiger charge is -2.30. The number of hydrogen-bond acceptors (Lipinski definition) is 4. The topological polar surface area (TPSA) is 75.7 Å². The number of nitrogens with one attached hydrogen (secondary N) is 1. The first-order valence-electron chi connectivity index (χ1n) is 7.34. The Bertz CT molecular complexity index is 454. The molecule has 21 heavy (non-hydrogen) atoms. The standard InChI is InChI=1S/C14H26N2O4S/c1-4-21(18,19)16-8-5-13(6-9-16)14(17)15-7-10-20-11-12(2)3/h13H,2,4-11H2,1,3H3,(H,15,17). The van der Waals surface area contributed by atoms with E-state index in [0.29, 0.717) is 45.7 Å². The number of hydrogen-bond donors (Lipinski definition) is 1. The number of amides is 1. The van der Waals surface area contributed by atoms with Crippen molar-refractivity contribution in [1.82, 2.24) is 9.62 Å². The van der Waals surface area contributed by atoms with Crippen LogP contribution in [0.5, 0.6) is 0 Å². The second kappa shape index (κ2) is 8.51. The molecule has 1 aliphatic rings. The predicted octanol–water partition coefficient (Wildman–Crippen LogP) is 0.757. The molecule has 0 bridgehead atoms. The minimum absolute atomic E-state index is 0.0116. The largest absolute Gasteiger partial charge is 0.375 e. The minimum Gasteiger partial charge on any atom is -0.375 e. The van der Waals surface area contributed by atoms with Crippen molar-refractivity contribution >= 4 is 15.9 Å². The summed E-state index contributed by atoms with van der Waals surface area (Å²) < 4.78 is 30.2. The van der Waals surface area contributed by atoms with Crippen LogP contribution in [0.3, 0.4) is 0 Å². The minimum atomic E-state index is -3.13. The van der Waals surface area contributed by atoms with E-state index in [2.05, 4.69) is 11.9 Å². The zero-order valence-electron chi connectivity index (χ0n) is 12.9. The molecule has 0 unspecified atom stereocenters. The smallest absolute Gasteiger partial charge is 0.223 e. The van der Waals surface area contributed by atoms with Crippen LogP contribution in [0.2, 0.25) is 0 Å². The van der Waals surface area contributed by atoms with Gasteiger partial charge in [-0.3, -0.25) is 4.79 Å². The van der Waals surface area contributed by atoms with E-state index in [1.54, 1.807) is 6.92 Å². The lowest BCUT2D eigenvalue weighted by Crippen LogP contribution is -2.43. The quantitative estimate of drug-likeness (QED) is 0.529. The van der Waals surface area contributed by atoms with E-state index in [1.807, 2.05) is 6.92 Å². The lowest BCUT2D eigenvalue weighted by molar-refractivity contribution is -0.126. The van der Waals surface area contributed by atoms with Gasteiger partial charge in [0.15, 0.2) is 0 Å². The summed E-state index contributed by atoms with van der Waals surface area (Å²) in [5.74, 6) is 0.00104. The first-order valence-corrected chi connectivity index (χ1v) is 8.95. The molecule has 0 aromatic carbocycles. The van der Waals surface area contributed by atoms with Crippen molar-refractivity contribution in [3.8, 4) is 0 Å². The van der Waals surface area contributed by atoms with Crippen molar-refractivity contribution in [2.75, 3.05) is 38.6 Å². The molecular formula is C14H26N2O4S. The Morgan fingerprint density at radius 2 is 2.00 bits per heavy atom. The molecule has 0 atom stereocenters. The molecule has 1 rings (SSSR count). The SMILES string of the molecule is C=C(C)COCCNC(=O)C1CCN(S(=O)(=O)CC)CC1. The maximum atomic E-state index is 12.0. The van der Waals surface area contributed by atoms with Crippen LogP contribution in [0, 0.1) is 5.92 Å². The van der Waals surface area contributed by atoms with Crippen LogP contribution in [0.25, 0.3) is 0 Å². The van der Waals surface area contributed by atoms with Gasteiger partial charge in [-0.15, -0.1) is 0 Å². The van der Waals surface area contributed by atoms with Crippen molar-refractivity contribution in [2.24, 2.45) is 5.92 Å². The third-order valence-electron chi connectivity index (χ3n) is 3.48. The van der Waals surface area contributed by atoms with Gasteiger partial charge in [0.25, 0.3) is 0 Å². The third kappa shape index (κ3) is 6.15. The monoisotopic (exact) mass is 318 g/mol. The highest BCUT2D eigenvalue weighted by atomic mass is 32.2. The van der Waals surface area contributed by atoms with Gasteiger partial charge in [-0.2, -0.15) is 0 Å². The Kier molecular flexibility index (Phi) is 7.34.